The largest absolute Gasteiger partial charge is 0.444 e. The molecule has 1 fully saturated rings. The fourth-order valence-electron chi connectivity index (χ4n) is 1.57. The van der Waals surface area contributed by atoms with Gasteiger partial charge in [0.2, 0.25) is 11.8 Å². The second-order valence-electron chi connectivity index (χ2n) is 5.05. The molecule has 0 radical (unpaired) electrons. The number of imide groups is 1. The van der Waals surface area contributed by atoms with Gasteiger partial charge >= 0.3 is 5.97 Å². The summed E-state index contributed by atoms with van der Waals surface area (Å²) >= 11 is 0. The number of nitrogens with zero attached hydrogens (tertiary/aromatic N) is 1. The maximum atomic E-state index is 12.0. The van der Waals surface area contributed by atoms with E-state index in [2.05, 4.69) is 0 Å². The Labute approximate surface area is 94.7 Å². The molecule has 1 rings (SSSR count). The predicted molar refractivity (Wildman–Crippen MR) is 56.0 cm³/mol. The monoisotopic (exact) mass is 227 g/mol. The Balaban J connectivity index is 2.95. The second-order valence-corrected chi connectivity index (χ2v) is 5.05. The van der Waals surface area contributed by atoms with E-state index in [1.165, 1.54) is 6.92 Å². The van der Waals surface area contributed by atoms with Crippen molar-refractivity contribution in [1.82, 2.24) is 4.90 Å². The van der Waals surface area contributed by atoms with Gasteiger partial charge in [0.1, 0.15) is 0 Å². The molecule has 5 heteroatoms. The third kappa shape index (κ3) is 1.60. The van der Waals surface area contributed by atoms with E-state index in [0.717, 1.165) is 4.90 Å². The molecule has 0 bridgehead atoms. The van der Waals surface area contributed by atoms with E-state index in [1.807, 2.05) is 0 Å². The zero-order valence-electron chi connectivity index (χ0n) is 10.3. The number of amides is 2. The van der Waals surface area contributed by atoms with E-state index < -0.39 is 16.8 Å². The van der Waals surface area contributed by atoms with Crippen LogP contribution in [0, 0.1) is 10.8 Å². The van der Waals surface area contributed by atoms with Crippen molar-refractivity contribution in [3.8, 4) is 0 Å². The van der Waals surface area contributed by atoms with Crippen molar-refractivity contribution in [2.45, 2.75) is 34.6 Å². The Morgan fingerprint density at radius 1 is 1.12 bits per heavy atom. The number of likely N-dealkylation sites (tertiary alicyclic amines) is 1. The molecule has 1 saturated heterocycles. The molecule has 90 valence electrons. The molecular formula is C11H17NO4. The quantitative estimate of drug-likeness (QED) is 0.520. The van der Waals surface area contributed by atoms with E-state index in [0.29, 0.717) is 0 Å². The lowest BCUT2D eigenvalue weighted by molar-refractivity contribution is -0.155. The van der Waals surface area contributed by atoms with Gasteiger partial charge in [0.25, 0.3) is 0 Å². The van der Waals surface area contributed by atoms with Gasteiger partial charge in [-0.2, -0.15) is 0 Å². The normalized spacial score (nSPS) is 22.4. The van der Waals surface area contributed by atoms with E-state index in [-0.39, 0.29) is 18.5 Å². The highest BCUT2D eigenvalue weighted by molar-refractivity contribution is 6.08. The zero-order valence-corrected chi connectivity index (χ0v) is 10.3. The van der Waals surface area contributed by atoms with Gasteiger partial charge in [0.05, 0.1) is 10.8 Å². The predicted octanol–water partition coefficient (Wildman–Crippen LogP) is 0.928. The molecular weight excluding hydrogens is 210 g/mol. The van der Waals surface area contributed by atoms with Crippen molar-refractivity contribution < 1.29 is 19.1 Å². The van der Waals surface area contributed by atoms with Crippen molar-refractivity contribution in [2.75, 3.05) is 6.73 Å². The first-order valence-electron chi connectivity index (χ1n) is 5.12. The molecule has 5 nitrogen and oxygen atoms in total. The molecule has 2 amide bonds. The smallest absolute Gasteiger partial charge is 0.304 e. The number of rotatable bonds is 2. The van der Waals surface area contributed by atoms with Crippen LogP contribution in [0.1, 0.15) is 34.6 Å². The van der Waals surface area contributed by atoms with Crippen LogP contribution < -0.4 is 0 Å². The van der Waals surface area contributed by atoms with Crippen molar-refractivity contribution in [1.29, 1.82) is 0 Å². The van der Waals surface area contributed by atoms with Crippen LogP contribution in [0.2, 0.25) is 0 Å². The first-order valence-corrected chi connectivity index (χ1v) is 5.12. The molecule has 1 aliphatic rings. The first-order chi connectivity index (χ1) is 7.12. The van der Waals surface area contributed by atoms with E-state index in [1.54, 1.807) is 27.7 Å². The molecule has 0 aromatic rings. The summed E-state index contributed by atoms with van der Waals surface area (Å²) in [4.78, 5) is 35.6. The van der Waals surface area contributed by atoms with Crippen LogP contribution in [0.4, 0.5) is 0 Å². The molecule has 1 heterocycles. The maximum absolute atomic E-state index is 12.0. The first kappa shape index (κ1) is 12.7. The maximum Gasteiger partial charge on any atom is 0.304 e. The summed E-state index contributed by atoms with van der Waals surface area (Å²) in [5.74, 6) is -1.12. The molecule has 16 heavy (non-hydrogen) atoms. The summed E-state index contributed by atoms with van der Waals surface area (Å²) < 4.78 is 4.70. The van der Waals surface area contributed by atoms with Crippen molar-refractivity contribution in [2.24, 2.45) is 10.8 Å². The number of carbonyl (C=O) groups is 3. The molecule has 0 spiro atoms. The SMILES string of the molecule is CC(=O)OCN1C(=O)C(C)(C)C(C)(C)C1=O. The van der Waals surface area contributed by atoms with Crippen LogP contribution in [-0.4, -0.2) is 29.4 Å². The van der Waals surface area contributed by atoms with E-state index >= 15 is 0 Å². The number of hydrogen-bond donors (Lipinski definition) is 0. The van der Waals surface area contributed by atoms with Crippen molar-refractivity contribution >= 4 is 17.8 Å². The highest BCUT2D eigenvalue weighted by Gasteiger charge is 2.59. The minimum absolute atomic E-state index is 0.292. The Hall–Kier alpha value is -1.39. The molecule has 0 unspecified atom stereocenters. The summed E-state index contributed by atoms with van der Waals surface area (Å²) in [7, 11) is 0. The summed E-state index contributed by atoms with van der Waals surface area (Å²) in [6.07, 6.45) is 0. The van der Waals surface area contributed by atoms with E-state index in [4.69, 9.17) is 4.74 Å². The minimum Gasteiger partial charge on any atom is -0.444 e. The highest BCUT2D eigenvalue weighted by Crippen LogP contribution is 2.47. The fourth-order valence-corrected chi connectivity index (χ4v) is 1.57. The van der Waals surface area contributed by atoms with Crippen LogP contribution in [0.15, 0.2) is 0 Å². The lowest BCUT2D eigenvalue weighted by Crippen LogP contribution is -2.35. The summed E-state index contributed by atoms with van der Waals surface area (Å²) in [6.45, 7) is 7.84. The van der Waals surface area contributed by atoms with Crippen molar-refractivity contribution in [3.63, 3.8) is 0 Å². The Morgan fingerprint density at radius 2 is 1.50 bits per heavy atom. The fraction of sp³-hybridized carbons (Fsp3) is 0.727. The number of hydrogen-bond acceptors (Lipinski definition) is 4. The minimum atomic E-state index is -0.774. The zero-order chi connectivity index (χ0) is 12.7. The van der Waals surface area contributed by atoms with Gasteiger partial charge < -0.3 is 4.74 Å². The Kier molecular flexibility index (Phi) is 2.83. The number of carbonyl (C=O) groups excluding carboxylic acids is 3. The van der Waals surface area contributed by atoms with Crippen LogP contribution in [0.3, 0.4) is 0 Å². The third-order valence-electron chi connectivity index (χ3n) is 3.52. The Morgan fingerprint density at radius 3 is 1.81 bits per heavy atom. The van der Waals surface area contributed by atoms with E-state index in [9.17, 15) is 14.4 Å². The average molecular weight is 227 g/mol. The summed E-state index contributed by atoms with van der Waals surface area (Å²) in [5, 5.41) is 0. The van der Waals surface area contributed by atoms with Crippen molar-refractivity contribution in [3.05, 3.63) is 0 Å². The molecule has 0 atom stereocenters. The van der Waals surface area contributed by atoms with Gasteiger partial charge in [0.15, 0.2) is 6.73 Å². The molecule has 0 aromatic heterocycles. The Bertz CT molecular complexity index is 331. The van der Waals surface area contributed by atoms with Gasteiger partial charge in [-0.05, 0) is 27.7 Å². The van der Waals surface area contributed by atoms with Gasteiger partial charge in [-0.3, -0.25) is 14.4 Å². The molecule has 0 aliphatic carbocycles. The van der Waals surface area contributed by atoms with Gasteiger partial charge in [0, 0.05) is 6.92 Å². The number of esters is 1. The van der Waals surface area contributed by atoms with Gasteiger partial charge in [-0.1, -0.05) is 0 Å². The van der Waals surface area contributed by atoms with Crippen LogP contribution >= 0.6 is 0 Å². The number of ether oxygens (including phenoxy) is 1. The second kappa shape index (κ2) is 3.57. The summed E-state index contributed by atoms with van der Waals surface area (Å²) in [5.41, 5.74) is -1.55. The van der Waals surface area contributed by atoms with Crippen LogP contribution in [-0.2, 0) is 19.1 Å². The molecule has 1 aliphatic heterocycles. The standard InChI is InChI=1S/C11H17NO4/c1-7(13)16-6-12-8(14)10(2,3)11(4,5)9(12)15/h6H2,1-5H3. The molecule has 0 N–H and O–H groups in total. The van der Waals surface area contributed by atoms with Crippen LogP contribution in [0.5, 0.6) is 0 Å². The summed E-state index contributed by atoms with van der Waals surface area (Å²) in [6, 6.07) is 0. The lowest BCUT2D eigenvalue weighted by atomic mass is 9.70. The lowest BCUT2D eigenvalue weighted by Gasteiger charge is -2.28. The molecule has 0 saturated carbocycles. The average Bonchev–Trinajstić information content (AvgIpc) is 2.25. The highest BCUT2D eigenvalue weighted by atomic mass is 16.5. The van der Waals surface area contributed by atoms with Gasteiger partial charge in [-0.25, -0.2) is 4.90 Å². The van der Waals surface area contributed by atoms with Gasteiger partial charge in [-0.15, -0.1) is 0 Å². The topological polar surface area (TPSA) is 63.7 Å². The van der Waals surface area contributed by atoms with Crippen LogP contribution in [0.25, 0.3) is 0 Å². The molecule has 0 aromatic carbocycles. The third-order valence-corrected chi connectivity index (χ3v) is 3.52.